The predicted molar refractivity (Wildman–Crippen MR) is 64.6 cm³/mol. The molecule has 0 spiro atoms. The second-order valence-electron chi connectivity index (χ2n) is 3.55. The third-order valence-corrected chi connectivity index (χ3v) is 3.05. The lowest BCUT2D eigenvalue weighted by Crippen LogP contribution is -2.15. The molecule has 86 valence electrons. The molecule has 0 atom stereocenters. The van der Waals surface area contributed by atoms with E-state index < -0.39 is 0 Å². The molecule has 0 aliphatic carbocycles. The summed E-state index contributed by atoms with van der Waals surface area (Å²) in [4.78, 5) is 0. The molecule has 0 aliphatic rings. The fraction of sp³-hybridized carbons (Fsp3) is 0.700. The third kappa shape index (κ3) is 3.67. The van der Waals surface area contributed by atoms with Gasteiger partial charge < -0.3 is 5.32 Å². The lowest BCUT2D eigenvalue weighted by Gasteiger charge is -2.03. The summed E-state index contributed by atoms with van der Waals surface area (Å²) in [6.45, 7) is 3.72. The van der Waals surface area contributed by atoms with E-state index >= 15 is 0 Å². The van der Waals surface area contributed by atoms with E-state index in [9.17, 15) is 0 Å². The van der Waals surface area contributed by atoms with Gasteiger partial charge in [-0.15, -0.1) is 11.6 Å². The van der Waals surface area contributed by atoms with Gasteiger partial charge in [0.05, 0.1) is 5.69 Å². The molecule has 0 saturated heterocycles. The summed E-state index contributed by atoms with van der Waals surface area (Å²) in [5.74, 6) is 0.731. The minimum Gasteiger partial charge on any atom is -0.312 e. The van der Waals surface area contributed by atoms with Crippen LogP contribution in [0.1, 0.15) is 24.1 Å². The Morgan fingerprint density at radius 3 is 2.67 bits per heavy atom. The van der Waals surface area contributed by atoms with Crippen LogP contribution in [0.2, 0.25) is 5.15 Å². The number of halogens is 2. The molecule has 1 N–H and O–H groups in total. The van der Waals surface area contributed by atoms with E-state index in [1.165, 1.54) is 0 Å². The zero-order valence-electron chi connectivity index (χ0n) is 9.19. The largest absolute Gasteiger partial charge is 0.312 e. The van der Waals surface area contributed by atoms with Crippen molar-refractivity contribution in [2.24, 2.45) is 7.05 Å². The lowest BCUT2D eigenvalue weighted by atomic mass is 10.2. The van der Waals surface area contributed by atoms with E-state index in [-0.39, 0.29) is 0 Å². The summed E-state index contributed by atoms with van der Waals surface area (Å²) in [5.41, 5.74) is 2.08. The van der Waals surface area contributed by atoms with Gasteiger partial charge in [-0.3, -0.25) is 4.68 Å². The van der Waals surface area contributed by atoms with Gasteiger partial charge in [0.1, 0.15) is 5.15 Å². The van der Waals surface area contributed by atoms with E-state index in [1.807, 2.05) is 14.0 Å². The fourth-order valence-corrected chi connectivity index (χ4v) is 1.86. The number of hydrogen-bond acceptors (Lipinski definition) is 2. The van der Waals surface area contributed by atoms with Gasteiger partial charge in [0.2, 0.25) is 0 Å². The number of nitrogens with zero attached hydrogens (tertiary/aromatic N) is 2. The second-order valence-corrected chi connectivity index (χ2v) is 4.29. The standard InChI is InChI=1S/C10H17Cl2N3/c1-8-9(10(12)15(2)14-8)7-13-6-4-3-5-11/h13H,3-7H2,1-2H3. The van der Waals surface area contributed by atoms with Gasteiger partial charge in [-0.1, -0.05) is 11.6 Å². The first-order valence-corrected chi connectivity index (χ1v) is 6.02. The minimum atomic E-state index is 0.720. The molecular weight excluding hydrogens is 233 g/mol. The molecule has 0 aromatic carbocycles. The van der Waals surface area contributed by atoms with Gasteiger partial charge in [-0.2, -0.15) is 5.10 Å². The number of aryl methyl sites for hydroxylation is 2. The van der Waals surface area contributed by atoms with Gasteiger partial charge >= 0.3 is 0 Å². The molecule has 5 heteroatoms. The molecular formula is C10H17Cl2N3. The first-order valence-electron chi connectivity index (χ1n) is 5.11. The van der Waals surface area contributed by atoms with Crippen molar-refractivity contribution in [1.82, 2.24) is 15.1 Å². The van der Waals surface area contributed by atoms with E-state index in [1.54, 1.807) is 4.68 Å². The molecule has 0 radical (unpaired) electrons. The Morgan fingerprint density at radius 2 is 2.13 bits per heavy atom. The van der Waals surface area contributed by atoms with E-state index in [4.69, 9.17) is 23.2 Å². The van der Waals surface area contributed by atoms with Crippen LogP contribution in [0.25, 0.3) is 0 Å². The molecule has 0 amide bonds. The molecule has 1 aromatic heterocycles. The van der Waals surface area contributed by atoms with Crippen LogP contribution >= 0.6 is 23.2 Å². The Balaban J connectivity index is 2.37. The minimum absolute atomic E-state index is 0.720. The zero-order valence-corrected chi connectivity index (χ0v) is 10.7. The number of aromatic nitrogens is 2. The normalized spacial score (nSPS) is 10.9. The molecule has 0 aliphatic heterocycles. The van der Waals surface area contributed by atoms with Crippen molar-refractivity contribution in [3.05, 3.63) is 16.4 Å². The molecule has 3 nitrogen and oxygen atoms in total. The maximum absolute atomic E-state index is 6.09. The highest BCUT2D eigenvalue weighted by molar-refractivity contribution is 6.30. The van der Waals surface area contributed by atoms with E-state index in [0.29, 0.717) is 0 Å². The van der Waals surface area contributed by atoms with Crippen LogP contribution in [0.4, 0.5) is 0 Å². The van der Waals surface area contributed by atoms with Gasteiger partial charge in [-0.05, 0) is 26.3 Å². The lowest BCUT2D eigenvalue weighted by molar-refractivity contribution is 0.641. The Kier molecular flexibility index (Phi) is 5.43. The molecule has 15 heavy (non-hydrogen) atoms. The topological polar surface area (TPSA) is 29.9 Å². The second kappa shape index (κ2) is 6.36. The number of alkyl halides is 1. The van der Waals surface area contributed by atoms with Crippen LogP contribution in [0.15, 0.2) is 0 Å². The maximum Gasteiger partial charge on any atom is 0.131 e. The Hall–Kier alpha value is -0.250. The van der Waals surface area contributed by atoms with Crippen molar-refractivity contribution < 1.29 is 0 Å². The van der Waals surface area contributed by atoms with Crippen LogP contribution in [-0.2, 0) is 13.6 Å². The monoisotopic (exact) mass is 249 g/mol. The van der Waals surface area contributed by atoms with E-state index in [0.717, 1.165) is 48.2 Å². The zero-order chi connectivity index (χ0) is 11.3. The third-order valence-electron chi connectivity index (χ3n) is 2.31. The van der Waals surface area contributed by atoms with Crippen LogP contribution < -0.4 is 5.32 Å². The summed E-state index contributed by atoms with van der Waals surface area (Å²) in [6.07, 6.45) is 2.15. The highest BCUT2D eigenvalue weighted by Crippen LogP contribution is 2.17. The van der Waals surface area contributed by atoms with Crippen LogP contribution in [-0.4, -0.2) is 22.2 Å². The van der Waals surface area contributed by atoms with Crippen molar-refractivity contribution >= 4 is 23.2 Å². The molecule has 0 fully saturated rings. The Labute approximate surface area is 101 Å². The van der Waals surface area contributed by atoms with Gasteiger partial charge in [0.25, 0.3) is 0 Å². The smallest absolute Gasteiger partial charge is 0.131 e. The summed E-state index contributed by atoms with van der Waals surface area (Å²) in [7, 11) is 1.85. The Bertz CT molecular complexity index is 310. The van der Waals surface area contributed by atoms with Crippen LogP contribution in [0.3, 0.4) is 0 Å². The number of nitrogens with one attached hydrogen (secondary N) is 1. The molecule has 0 unspecified atom stereocenters. The summed E-state index contributed by atoms with van der Waals surface area (Å²) in [5, 5.41) is 8.30. The Morgan fingerprint density at radius 1 is 1.40 bits per heavy atom. The maximum atomic E-state index is 6.09. The van der Waals surface area contributed by atoms with Crippen molar-refractivity contribution in [3.8, 4) is 0 Å². The average molecular weight is 250 g/mol. The number of rotatable bonds is 6. The summed E-state index contributed by atoms with van der Waals surface area (Å²) < 4.78 is 1.70. The summed E-state index contributed by atoms with van der Waals surface area (Å²) in [6, 6.07) is 0. The van der Waals surface area contributed by atoms with Crippen LogP contribution in [0, 0.1) is 6.92 Å². The van der Waals surface area contributed by atoms with Crippen molar-refractivity contribution in [2.75, 3.05) is 12.4 Å². The van der Waals surface area contributed by atoms with Gasteiger partial charge in [0, 0.05) is 25.0 Å². The molecule has 0 saturated carbocycles. The fourth-order valence-electron chi connectivity index (χ4n) is 1.43. The van der Waals surface area contributed by atoms with Crippen molar-refractivity contribution in [2.45, 2.75) is 26.3 Å². The van der Waals surface area contributed by atoms with Crippen molar-refractivity contribution in [3.63, 3.8) is 0 Å². The van der Waals surface area contributed by atoms with Crippen LogP contribution in [0.5, 0.6) is 0 Å². The first-order chi connectivity index (χ1) is 7.16. The highest BCUT2D eigenvalue weighted by atomic mass is 35.5. The molecule has 1 heterocycles. The van der Waals surface area contributed by atoms with Crippen molar-refractivity contribution in [1.29, 1.82) is 0 Å². The molecule has 0 bridgehead atoms. The predicted octanol–water partition coefficient (Wildman–Crippen LogP) is 2.49. The number of hydrogen-bond donors (Lipinski definition) is 1. The van der Waals surface area contributed by atoms with Gasteiger partial charge in [-0.25, -0.2) is 0 Å². The van der Waals surface area contributed by atoms with E-state index in [2.05, 4.69) is 10.4 Å². The first kappa shape index (κ1) is 12.8. The summed E-state index contributed by atoms with van der Waals surface area (Å²) >= 11 is 11.7. The number of unbranched alkanes of at least 4 members (excludes halogenated alkanes) is 1. The molecule has 1 rings (SSSR count). The molecule has 1 aromatic rings. The quantitative estimate of drug-likeness (QED) is 0.621. The van der Waals surface area contributed by atoms with Gasteiger partial charge in [0.15, 0.2) is 0 Å². The average Bonchev–Trinajstić information content (AvgIpc) is 2.44. The highest BCUT2D eigenvalue weighted by Gasteiger charge is 2.09. The SMILES string of the molecule is Cc1nn(C)c(Cl)c1CNCCCCCl.